The van der Waals surface area contributed by atoms with E-state index in [0.29, 0.717) is 38.9 Å². The summed E-state index contributed by atoms with van der Waals surface area (Å²) in [5, 5.41) is 12.1. The van der Waals surface area contributed by atoms with E-state index in [0.717, 1.165) is 19.3 Å². The summed E-state index contributed by atoms with van der Waals surface area (Å²) in [4.78, 5) is 57.1. The van der Waals surface area contributed by atoms with E-state index >= 15 is 0 Å². The number of ether oxygens (including phenoxy) is 2. The number of hydrogen-bond donors (Lipinski definition) is 2. The maximum absolute atomic E-state index is 14.1. The minimum atomic E-state index is -1.30. The van der Waals surface area contributed by atoms with Gasteiger partial charge in [0.05, 0.1) is 18.6 Å². The van der Waals surface area contributed by atoms with E-state index in [1.165, 1.54) is 0 Å². The summed E-state index contributed by atoms with van der Waals surface area (Å²) in [7, 11) is 0. The van der Waals surface area contributed by atoms with E-state index in [1.54, 1.807) is 28.9 Å². The van der Waals surface area contributed by atoms with Crippen molar-refractivity contribution in [1.82, 2.24) is 15.1 Å². The summed E-state index contributed by atoms with van der Waals surface area (Å²) in [6, 6.07) is -0.899. The van der Waals surface area contributed by atoms with Gasteiger partial charge in [0.15, 0.2) is 0 Å². The number of aliphatic hydroxyl groups is 1. The van der Waals surface area contributed by atoms with Gasteiger partial charge in [-0.15, -0.1) is 0 Å². The Labute approximate surface area is 224 Å². The van der Waals surface area contributed by atoms with Crippen LogP contribution in [-0.2, 0) is 28.7 Å². The van der Waals surface area contributed by atoms with Gasteiger partial charge in [0.25, 0.3) is 0 Å². The first-order valence-electron chi connectivity index (χ1n) is 14.0. The maximum atomic E-state index is 14.1. The molecule has 0 aromatic rings. The number of allylic oxidation sites excluding steroid dienone is 1. The van der Waals surface area contributed by atoms with Gasteiger partial charge in [0, 0.05) is 32.7 Å². The largest absolute Gasteiger partial charge is 0.460 e. The highest BCUT2D eigenvalue weighted by molar-refractivity contribution is 5.99. The molecule has 10 nitrogen and oxygen atoms in total. The number of aliphatic hydroxyl groups excluding tert-OH is 1. The zero-order chi connectivity index (χ0) is 27.3. The van der Waals surface area contributed by atoms with Crippen molar-refractivity contribution >= 4 is 23.7 Å². The molecule has 0 bridgehead atoms. The average molecular weight is 532 g/mol. The molecule has 0 aromatic carbocycles. The second-order valence-electron chi connectivity index (χ2n) is 10.7. The zero-order valence-electron chi connectivity index (χ0n) is 22.5. The van der Waals surface area contributed by atoms with Crippen molar-refractivity contribution in [2.24, 2.45) is 11.8 Å². The first-order chi connectivity index (χ1) is 18.3. The molecule has 210 valence electrons. The molecular formula is C28H41N3O7. The first kappa shape index (κ1) is 28.3. The van der Waals surface area contributed by atoms with Crippen molar-refractivity contribution < 1.29 is 33.8 Å². The van der Waals surface area contributed by atoms with Gasteiger partial charge in [0.2, 0.25) is 17.7 Å². The standard InChI is InChI=1S/C28H41N3O7/c1-3-4-7-14-30-15-10-13-28-23(25(34)31(16-8-9-17-32)24(28)26(30)35)22-20(38-28)11-5-6-12-21(33)29-18-19(2)37-27(22)36/h5,10-11,13,19-20,22-24,32H,3-4,6-9,12,14-18H2,1-2H3,(H,29,33)/b11-5-/t19-,20-,22+,23+,24-,28+/m1/s1. The monoisotopic (exact) mass is 531 g/mol. The third kappa shape index (κ3) is 5.52. The number of rotatable bonds is 8. The summed E-state index contributed by atoms with van der Waals surface area (Å²) in [6.07, 6.45) is 10.6. The third-order valence-corrected chi connectivity index (χ3v) is 7.96. The highest BCUT2D eigenvalue weighted by Gasteiger charge is 2.71. The Balaban J connectivity index is 1.72. The van der Waals surface area contributed by atoms with Gasteiger partial charge in [-0.05, 0) is 32.6 Å². The maximum Gasteiger partial charge on any atom is 0.313 e. The predicted octanol–water partition coefficient (Wildman–Crippen LogP) is 1.33. The van der Waals surface area contributed by atoms with Crippen LogP contribution < -0.4 is 5.32 Å². The lowest BCUT2D eigenvalue weighted by molar-refractivity contribution is -0.158. The number of cyclic esters (lactones) is 1. The molecule has 2 fully saturated rings. The van der Waals surface area contributed by atoms with Crippen LogP contribution in [0.1, 0.15) is 58.8 Å². The summed E-state index contributed by atoms with van der Waals surface area (Å²) >= 11 is 0. The molecule has 0 saturated carbocycles. The number of carbonyl (C=O) groups is 4. The van der Waals surface area contributed by atoms with E-state index in [1.807, 2.05) is 12.2 Å². The Hall–Kier alpha value is -2.72. The zero-order valence-corrected chi connectivity index (χ0v) is 22.5. The van der Waals surface area contributed by atoms with Crippen molar-refractivity contribution in [2.75, 3.05) is 32.8 Å². The molecule has 1 spiro atoms. The molecule has 2 saturated heterocycles. The molecule has 3 amide bonds. The van der Waals surface area contributed by atoms with Crippen LogP contribution in [0.2, 0.25) is 0 Å². The van der Waals surface area contributed by atoms with Crippen LogP contribution in [0.4, 0.5) is 0 Å². The summed E-state index contributed by atoms with van der Waals surface area (Å²) < 4.78 is 12.3. The topological polar surface area (TPSA) is 125 Å². The molecule has 4 rings (SSSR count). The molecule has 4 aliphatic heterocycles. The fraction of sp³-hybridized carbons (Fsp3) is 0.714. The SMILES string of the molecule is CCCCCN1CC=C[C@]23O[C@@H]4/C=C\CCC(=O)NC[C@@H](C)OC(=O)[C@@H]4[C@H]2C(=O)N(CCCCO)[C@@H]3C1=O. The highest BCUT2D eigenvalue weighted by atomic mass is 16.6. The number of nitrogens with one attached hydrogen (secondary N) is 1. The third-order valence-electron chi connectivity index (χ3n) is 7.96. The van der Waals surface area contributed by atoms with E-state index in [2.05, 4.69) is 12.2 Å². The van der Waals surface area contributed by atoms with E-state index < -0.39 is 41.7 Å². The lowest BCUT2D eigenvalue weighted by Gasteiger charge is -2.35. The van der Waals surface area contributed by atoms with Crippen molar-refractivity contribution in [3.8, 4) is 0 Å². The predicted molar refractivity (Wildman–Crippen MR) is 139 cm³/mol. The van der Waals surface area contributed by atoms with Gasteiger partial charge in [-0.3, -0.25) is 19.2 Å². The Morgan fingerprint density at radius 1 is 1.08 bits per heavy atom. The lowest BCUT2D eigenvalue weighted by Crippen LogP contribution is -2.55. The molecule has 4 heterocycles. The van der Waals surface area contributed by atoms with Crippen molar-refractivity contribution in [1.29, 1.82) is 0 Å². The summed E-state index contributed by atoms with van der Waals surface area (Å²) in [5.41, 5.74) is -1.30. The number of unbranched alkanes of at least 4 members (excludes halogenated alkanes) is 3. The van der Waals surface area contributed by atoms with Crippen LogP contribution in [0.15, 0.2) is 24.3 Å². The van der Waals surface area contributed by atoms with Gasteiger partial charge in [-0.1, -0.05) is 44.1 Å². The molecule has 4 aliphatic rings. The number of amides is 3. The lowest BCUT2D eigenvalue weighted by atomic mass is 9.78. The van der Waals surface area contributed by atoms with Crippen LogP contribution in [0.5, 0.6) is 0 Å². The molecule has 38 heavy (non-hydrogen) atoms. The molecule has 6 atom stereocenters. The molecule has 2 N–H and O–H groups in total. The van der Waals surface area contributed by atoms with Gasteiger partial charge in [-0.2, -0.15) is 0 Å². The van der Waals surface area contributed by atoms with Crippen LogP contribution in [0.3, 0.4) is 0 Å². The van der Waals surface area contributed by atoms with Crippen molar-refractivity contribution in [3.63, 3.8) is 0 Å². The highest BCUT2D eigenvalue weighted by Crippen LogP contribution is 2.53. The fourth-order valence-corrected chi connectivity index (χ4v) is 6.10. The van der Waals surface area contributed by atoms with Crippen LogP contribution >= 0.6 is 0 Å². The summed E-state index contributed by atoms with van der Waals surface area (Å²) in [6.45, 7) is 5.26. The molecule has 0 unspecified atom stereocenters. The first-order valence-corrected chi connectivity index (χ1v) is 14.0. The van der Waals surface area contributed by atoms with Crippen molar-refractivity contribution in [3.05, 3.63) is 24.3 Å². The quantitative estimate of drug-likeness (QED) is 0.275. The average Bonchev–Trinajstić information content (AvgIpc) is 3.27. The smallest absolute Gasteiger partial charge is 0.313 e. The van der Waals surface area contributed by atoms with Crippen LogP contribution in [0.25, 0.3) is 0 Å². The second-order valence-corrected chi connectivity index (χ2v) is 10.7. The van der Waals surface area contributed by atoms with Crippen LogP contribution in [-0.4, -0.2) is 95.2 Å². The van der Waals surface area contributed by atoms with E-state index in [-0.39, 0.29) is 37.3 Å². The minimum absolute atomic E-state index is 0.00892. The summed E-state index contributed by atoms with van der Waals surface area (Å²) in [5.74, 6) is -3.02. The molecule has 10 heteroatoms. The molecular weight excluding hydrogens is 490 g/mol. The van der Waals surface area contributed by atoms with Gasteiger partial charge >= 0.3 is 5.97 Å². The fourth-order valence-electron chi connectivity index (χ4n) is 6.10. The number of nitrogens with zero attached hydrogens (tertiary/aromatic N) is 2. The Morgan fingerprint density at radius 3 is 2.63 bits per heavy atom. The van der Waals surface area contributed by atoms with Crippen molar-refractivity contribution in [2.45, 2.75) is 82.6 Å². The normalized spacial score (nSPS) is 34.4. The number of fused-ring (bicyclic) bond motifs is 2. The number of likely N-dealkylation sites (tertiary alicyclic amines) is 1. The second kappa shape index (κ2) is 12.4. The van der Waals surface area contributed by atoms with Crippen LogP contribution in [0, 0.1) is 11.8 Å². The number of esters is 1. The molecule has 0 aliphatic carbocycles. The number of hydrogen-bond acceptors (Lipinski definition) is 7. The Bertz CT molecular complexity index is 966. The molecule has 0 radical (unpaired) electrons. The van der Waals surface area contributed by atoms with Gasteiger partial charge in [-0.25, -0.2) is 0 Å². The Kier molecular flexibility index (Phi) is 9.25. The minimum Gasteiger partial charge on any atom is -0.460 e. The van der Waals surface area contributed by atoms with Gasteiger partial charge < -0.3 is 29.7 Å². The van der Waals surface area contributed by atoms with E-state index in [9.17, 15) is 24.3 Å². The number of carbonyl (C=O) groups excluding carboxylic acids is 4. The molecule has 0 aromatic heterocycles. The Morgan fingerprint density at radius 2 is 1.87 bits per heavy atom. The van der Waals surface area contributed by atoms with E-state index in [4.69, 9.17) is 9.47 Å². The van der Waals surface area contributed by atoms with Gasteiger partial charge in [0.1, 0.15) is 23.7 Å².